The number of rotatable bonds is 2. The fourth-order valence-electron chi connectivity index (χ4n) is 1.32. The maximum atomic E-state index is 13.4. The summed E-state index contributed by atoms with van der Waals surface area (Å²) in [5, 5.41) is 7.92. The molecule has 0 aliphatic carbocycles. The number of aromatic amines is 1. The van der Waals surface area contributed by atoms with Crippen molar-refractivity contribution in [3.63, 3.8) is 0 Å². The third kappa shape index (κ3) is 2.34. The predicted octanol–water partition coefficient (Wildman–Crippen LogP) is 0.744. The van der Waals surface area contributed by atoms with Gasteiger partial charge in [0.25, 0.3) is 11.5 Å². The second kappa shape index (κ2) is 4.66. The number of hydrogen-bond donors (Lipinski definition) is 3. The normalized spacial score (nSPS) is 10.1. The summed E-state index contributed by atoms with van der Waals surface area (Å²) in [6.45, 7) is 0. The van der Waals surface area contributed by atoms with Gasteiger partial charge < -0.3 is 11.1 Å². The Morgan fingerprint density at radius 2 is 2.11 bits per heavy atom. The van der Waals surface area contributed by atoms with Crippen LogP contribution in [-0.2, 0) is 0 Å². The number of H-pyrrole nitrogens is 1. The molecule has 1 aromatic heterocycles. The lowest BCUT2D eigenvalue weighted by atomic mass is 10.2. The van der Waals surface area contributed by atoms with Crippen molar-refractivity contribution in [3.05, 3.63) is 52.2 Å². The maximum Gasteiger partial charge on any atom is 0.276 e. The van der Waals surface area contributed by atoms with E-state index >= 15 is 0 Å². The predicted molar refractivity (Wildman–Crippen MR) is 63.6 cm³/mol. The summed E-state index contributed by atoms with van der Waals surface area (Å²) in [6, 6.07) is 6.43. The SMILES string of the molecule is Nc1cccc(F)c1NC(=O)c1ccc(=O)[nH]n1. The minimum Gasteiger partial charge on any atom is -0.397 e. The number of carbonyl (C=O) groups is 1. The number of nitrogens with two attached hydrogens (primary N) is 1. The molecule has 0 fully saturated rings. The van der Waals surface area contributed by atoms with Crippen LogP contribution in [0.1, 0.15) is 10.5 Å². The number of para-hydroxylation sites is 1. The highest BCUT2D eigenvalue weighted by molar-refractivity contribution is 6.04. The number of hydrogen-bond acceptors (Lipinski definition) is 4. The first-order chi connectivity index (χ1) is 8.58. The Kier molecular flexibility index (Phi) is 3.05. The molecule has 0 bridgehead atoms. The summed E-state index contributed by atoms with van der Waals surface area (Å²) in [6.07, 6.45) is 0. The van der Waals surface area contributed by atoms with Crippen molar-refractivity contribution in [2.75, 3.05) is 11.1 Å². The van der Waals surface area contributed by atoms with Crippen molar-refractivity contribution < 1.29 is 9.18 Å². The Morgan fingerprint density at radius 3 is 2.72 bits per heavy atom. The molecule has 1 amide bonds. The maximum absolute atomic E-state index is 13.4. The zero-order valence-electron chi connectivity index (χ0n) is 9.11. The molecular weight excluding hydrogens is 239 g/mol. The van der Waals surface area contributed by atoms with Crippen LogP contribution in [0.4, 0.5) is 15.8 Å². The molecule has 1 heterocycles. The van der Waals surface area contributed by atoms with Gasteiger partial charge in [-0.15, -0.1) is 0 Å². The third-order valence-corrected chi connectivity index (χ3v) is 2.20. The summed E-state index contributed by atoms with van der Waals surface area (Å²) < 4.78 is 13.4. The molecule has 0 aliphatic rings. The lowest BCUT2D eigenvalue weighted by Crippen LogP contribution is -2.18. The first-order valence-corrected chi connectivity index (χ1v) is 4.99. The van der Waals surface area contributed by atoms with Gasteiger partial charge in [0, 0.05) is 6.07 Å². The van der Waals surface area contributed by atoms with Gasteiger partial charge in [0.1, 0.15) is 17.2 Å². The van der Waals surface area contributed by atoms with E-state index in [0.717, 1.165) is 6.07 Å². The highest BCUT2D eigenvalue weighted by Gasteiger charge is 2.12. The number of nitrogen functional groups attached to an aromatic ring is 1. The van der Waals surface area contributed by atoms with Crippen molar-refractivity contribution in [3.8, 4) is 0 Å². The summed E-state index contributed by atoms with van der Waals surface area (Å²) >= 11 is 0. The van der Waals surface area contributed by atoms with Crippen LogP contribution >= 0.6 is 0 Å². The summed E-state index contributed by atoms with van der Waals surface area (Å²) in [5.41, 5.74) is 5.05. The Bertz CT molecular complexity index is 613. The number of halogens is 1. The molecule has 0 unspecified atom stereocenters. The third-order valence-electron chi connectivity index (χ3n) is 2.20. The van der Waals surface area contributed by atoms with E-state index in [9.17, 15) is 14.0 Å². The fraction of sp³-hybridized carbons (Fsp3) is 0. The summed E-state index contributed by atoms with van der Waals surface area (Å²) in [5.74, 6) is -1.31. The van der Waals surface area contributed by atoms with Gasteiger partial charge in [-0.25, -0.2) is 9.49 Å². The van der Waals surface area contributed by atoms with Gasteiger partial charge in [0.05, 0.1) is 5.69 Å². The van der Waals surface area contributed by atoms with Crippen LogP contribution in [-0.4, -0.2) is 16.1 Å². The molecule has 18 heavy (non-hydrogen) atoms. The molecule has 2 rings (SSSR count). The zero-order chi connectivity index (χ0) is 13.1. The van der Waals surface area contributed by atoms with Crippen LogP contribution in [0.25, 0.3) is 0 Å². The van der Waals surface area contributed by atoms with Gasteiger partial charge in [-0.05, 0) is 18.2 Å². The highest BCUT2D eigenvalue weighted by atomic mass is 19.1. The smallest absolute Gasteiger partial charge is 0.276 e. The number of benzene rings is 1. The molecule has 1 aromatic carbocycles. The number of nitrogens with one attached hydrogen (secondary N) is 2. The van der Waals surface area contributed by atoms with E-state index in [0.29, 0.717) is 0 Å². The van der Waals surface area contributed by atoms with E-state index in [1.165, 1.54) is 24.3 Å². The molecule has 0 atom stereocenters. The first-order valence-electron chi connectivity index (χ1n) is 4.99. The Labute approximate surface area is 101 Å². The molecule has 0 saturated heterocycles. The molecule has 0 aliphatic heterocycles. The van der Waals surface area contributed by atoms with Crippen LogP contribution in [0.15, 0.2) is 35.1 Å². The quantitative estimate of drug-likeness (QED) is 0.682. The van der Waals surface area contributed by atoms with Gasteiger partial charge in [0.15, 0.2) is 0 Å². The number of anilines is 2. The van der Waals surface area contributed by atoms with E-state index in [4.69, 9.17) is 5.73 Å². The van der Waals surface area contributed by atoms with Crippen LogP contribution < -0.4 is 16.6 Å². The standard InChI is InChI=1S/C11H9FN4O2/c12-6-2-1-3-7(13)10(6)14-11(18)8-4-5-9(17)16-15-8/h1-5H,13H2,(H,14,18)(H,16,17). The van der Waals surface area contributed by atoms with E-state index in [-0.39, 0.29) is 17.1 Å². The van der Waals surface area contributed by atoms with Gasteiger partial charge in [-0.3, -0.25) is 9.59 Å². The number of amides is 1. The average molecular weight is 248 g/mol. The van der Waals surface area contributed by atoms with E-state index in [1.807, 2.05) is 0 Å². The molecule has 7 heteroatoms. The number of carbonyl (C=O) groups excluding carboxylic acids is 1. The topological polar surface area (TPSA) is 101 Å². The van der Waals surface area contributed by atoms with Crippen molar-refractivity contribution in [1.29, 1.82) is 0 Å². The van der Waals surface area contributed by atoms with E-state index in [1.54, 1.807) is 0 Å². The lowest BCUT2D eigenvalue weighted by Gasteiger charge is -2.08. The van der Waals surface area contributed by atoms with E-state index in [2.05, 4.69) is 15.5 Å². The first kappa shape index (κ1) is 11.8. The van der Waals surface area contributed by atoms with Crippen LogP contribution in [0.2, 0.25) is 0 Å². The molecule has 4 N–H and O–H groups in total. The van der Waals surface area contributed by atoms with Crippen molar-refractivity contribution in [2.45, 2.75) is 0 Å². The van der Waals surface area contributed by atoms with Gasteiger partial charge in [0.2, 0.25) is 0 Å². The van der Waals surface area contributed by atoms with Gasteiger partial charge in [-0.2, -0.15) is 5.10 Å². The molecule has 2 aromatic rings. The number of aromatic nitrogens is 2. The minimum atomic E-state index is -0.664. The van der Waals surface area contributed by atoms with Crippen LogP contribution in [0.5, 0.6) is 0 Å². The molecule has 6 nitrogen and oxygen atoms in total. The van der Waals surface area contributed by atoms with Crippen LogP contribution in [0, 0.1) is 5.82 Å². The van der Waals surface area contributed by atoms with Gasteiger partial charge in [-0.1, -0.05) is 6.07 Å². The zero-order valence-corrected chi connectivity index (χ0v) is 9.11. The Morgan fingerprint density at radius 1 is 1.33 bits per heavy atom. The second-order valence-electron chi connectivity index (χ2n) is 3.46. The minimum absolute atomic E-state index is 0.0442. The largest absolute Gasteiger partial charge is 0.397 e. The number of nitrogens with zero attached hydrogens (tertiary/aromatic N) is 1. The van der Waals surface area contributed by atoms with Crippen molar-refractivity contribution >= 4 is 17.3 Å². The van der Waals surface area contributed by atoms with Crippen molar-refractivity contribution in [1.82, 2.24) is 10.2 Å². The highest BCUT2D eigenvalue weighted by Crippen LogP contribution is 2.21. The molecule has 0 radical (unpaired) electrons. The lowest BCUT2D eigenvalue weighted by molar-refractivity contribution is 0.102. The average Bonchev–Trinajstić information content (AvgIpc) is 2.34. The van der Waals surface area contributed by atoms with E-state index < -0.39 is 17.3 Å². The molecule has 92 valence electrons. The monoisotopic (exact) mass is 248 g/mol. The second-order valence-corrected chi connectivity index (χ2v) is 3.46. The molecule has 0 saturated carbocycles. The fourth-order valence-corrected chi connectivity index (χ4v) is 1.32. The van der Waals surface area contributed by atoms with Crippen molar-refractivity contribution in [2.24, 2.45) is 0 Å². The van der Waals surface area contributed by atoms with Crippen LogP contribution in [0.3, 0.4) is 0 Å². The van der Waals surface area contributed by atoms with Gasteiger partial charge >= 0.3 is 0 Å². The Balaban J connectivity index is 2.27. The summed E-state index contributed by atoms with van der Waals surface area (Å²) in [4.78, 5) is 22.5. The Hall–Kier alpha value is -2.70. The summed E-state index contributed by atoms with van der Waals surface area (Å²) in [7, 11) is 0. The molecular formula is C11H9FN4O2. The molecule has 0 spiro atoms.